The van der Waals surface area contributed by atoms with Gasteiger partial charge in [-0.05, 0) is 38.5 Å². The van der Waals surface area contributed by atoms with E-state index in [9.17, 15) is 9.90 Å². The van der Waals surface area contributed by atoms with Gasteiger partial charge in [0.1, 0.15) is 4.88 Å². The second-order valence-electron chi connectivity index (χ2n) is 6.31. The van der Waals surface area contributed by atoms with E-state index >= 15 is 0 Å². The van der Waals surface area contributed by atoms with Gasteiger partial charge in [0, 0.05) is 18.7 Å². The molecule has 116 valence electrons. The highest BCUT2D eigenvalue weighted by atomic mass is 32.1. The van der Waals surface area contributed by atoms with Crippen molar-refractivity contribution in [2.24, 2.45) is 0 Å². The maximum atomic E-state index is 11.9. The first kappa shape index (κ1) is 14.7. The molecule has 0 bridgehead atoms. The summed E-state index contributed by atoms with van der Waals surface area (Å²) in [5, 5.41) is 11.2. The van der Waals surface area contributed by atoms with Gasteiger partial charge in [0.15, 0.2) is 0 Å². The number of hydrogen-bond acceptors (Lipinski definition) is 6. The van der Waals surface area contributed by atoms with Crippen molar-refractivity contribution in [1.82, 2.24) is 0 Å². The van der Waals surface area contributed by atoms with Gasteiger partial charge in [0.25, 0.3) is 0 Å². The zero-order chi connectivity index (χ0) is 15.2. The molecule has 5 nitrogen and oxygen atoms in total. The Morgan fingerprint density at radius 2 is 2.05 bits per heavy atom. The van der Waals surface area contributed by atoms with Crippen LogP contribution in [-0.4, -0.2) is 36.9 Å². The summed E-state index contributed by atoms with van der Waals surface area (Å²) >= 11 is 1.44. The van der Waals surface area contributed by atoms with Crippen LogP contribution in [0.15, 0.2) is 0 Å². The Morgan fingerprint density at radius 1 is 1.43 bits per heavy atom. The predicted molar refractivity (Wildman–Crippen MR) is 84.1 cm³/mol. The molecule has 0 spiro atoms. The van der Waals surface area contributed by atoms with Crippen molar-refractivity contribution in [2.45, 2.75) is 44.1 Å². The molecule has 1 aromatic heterocycles. The van der Waals surface area contributed by atoms with Crippen LogP contribution in [0.1, 0.15) is 53.8 Å². The average molecular weight is 310 g/mol. The van der Waals surface area contributed by atoms with E-state index in [0.29, 0.717) is 16.5 Å². The predicted octanol–water partition coefficient (Wildman–Crippen LogP) is 2.35. The summed E-state index contributed by atoms with van der Waals surface area (Å²) in [7, 11) is 1.38. The molecule has 3 rings (SSSR count). The maximum Gasteiger partial charge on any atom is 0.350 e. The zero-order valence-electron chi connectivity index (χ0n) is 12.5. The molecule has 2 heterocycles. The quantitative estimate of drug-likeness (QED) is 0.838. The molecule has 0 aromatic carbocycles. The van der Waals surface area contributed by atoms with Crippen molar-refractivity contribution in [3.05, 3.63) is 10.4 Å². The maximum absolute atomic E-state index is 11.9. The molecule has 0 unspecified atom stereocenters. The van der Waals surface area contributed by atoms with Gasteiger partial charge in [0.2, 0.25) is 0 Å². The Hall–Kier alpha value is -1.27. The van der Waals surface area contributed by atoms with E-state index in [1.807, 2.05) is 6.92 Å². The molecule has 6 heteroatoms. The number of esters is 1. The van der Waals surface area contributed by atoms with Crippen LogP contribution in [-0.2, 0) is 4.74 Å². The van der Waals surface area contributed by atoms with Crippen molar-refractivity contribution >= 4 is 28.0 Å². The minimum absolute atomic E-state index is 0.352. The number of carbonyl (C=O) groups excluding carboxylic acids is 1. The first-order valence-corrected chi connectivity index (χ1v) is 8.22. The fourth-order valence-electron chi connectivity index (χ4n) is 2.88. The van der Waals surface area contributed by atoms with Gasteiger partial charge in [-0.2, -0.15) is 0 Å². The smallest absolute Gasteiger partial charge is 0.350 e. The van der Waals surface area contributed by atoms with Crippen molar-refractivity contribution in [2.75, 3.05) is 30.8 Å². The number of ether oxygens (including phenoxy) is 1. The largest absolute Gasteiger partial charge is 0.465 e. The molecular formula is C15H22N2O3S. The zero-order valence-corrected chi connectivity index (χ0v) is 13.3. The standard InChI is InChI=1S/C15H22N2O3S/c1-15(19)5-7-17(8-6-15)13-10(9-3-4-9)11(16)12(21-13)14(18)20-2/h9,19H,3-8,16H2,1-2H3. The number of hydrogen-bond donors (Lipinski definition) is 2. The number of piperidine rings is 1. The molecule has 2 fully saturated rings. The lowest BCUT2D eigenvalue weighted by Gasteiger charge is -2.37. The monoisotopic (exact) mass is 310 g/mol. The van der Waals surface area contributed by atoms with Crippen LogP contribution in [0, 0.1) is 0 Å². The number of nitrogen functional groups attached to an aromatic ring is 1. The lowest BCUT2D eigenvalue weighted by atomic mass is 9.94. The molecule has 1 saturated heterocycles. The lowest BCUT2D eigenvalue weighted by molar-refractivity contribution is 0.0352. The van der Waals surface area contributed by atoms with Gasteiger partial charge in [0.05, 0.1) is 23.4 Å². The van der Waals surface area contributed by atoms with Crippen molar-refractivity contribution in [3.8, 4) is 0 Å². The number of thiophene rings is 1. The molecule has 0 atom stereocenters. The normalized spacial score (nSPS) is 21.4. The van der Waals surface area contributed by atoms with Gasteiger partial charge in [-0.1, -0.05) is 0 Å². The van der Waals surface area contributed by atoms with E-state index < -0.39 is 5.60 Å². The van der Waals surface area contributed by atoms with Crippen LogP contribution in [0.5, 0.6) is 0 Å². The minimum atomic E-state index is -0.579. The van der Waals surface area contributed by atoms with Crippen LogP contribution in [0.2, 0.25) is 0 Å². The van der Waals surface area contributed by atoms with E-state index in [1.54, 1.807) is 0 Å². The molecule has 0 radical (unpaired) electrons. The van der Waals surface area contributed by atoms with Gasteiger partial charge in [-0.3, -0.25) is 0 Å². The van der Waals surface area contributed by atoms with E-state index in [0.717, 1.165) is 49.3 Å². The highest BCUT2D eigenvalue weighted by molar-refractivity contribution is 7.18. The van der Waals surface area contributed by atoms with E-state index in [-0.39, 0.29) is 5.97 Å². The number of aliphatic hydroxyl groups is 1. The number of nitrogens with zero attached hydrogens (tertiary/aromatic N) is 1. The summed E-state index contributed by atoms with van der Waals surface area (Å²) in [6, 6.07) is 0. The second kappa shape index (κ2) is 5.18. The summed E-state index contributed by atoms with van der Waals surface area (Å²) in [4.78, 5) is 14.7. The summed E-state index contributed by atoms with van der Waals surface area (Å²) in [5.41, 5.74) is 7.36. The van der Waals surface area contributed by atoms with Crippen LogP contribution < -0.4 is 10.6 Å². The van der Waals surface area contributed by atoms with Crippen LogP contribution >= 0.6 is 11.3 Å². The molecule has 21 heavy (non-hydrogen) atoms. The third kappa shape index (κ3) is 2.74. The number of anilines is 2. The van der Waals surface area contributed by atoms with Crippen LogP contribution in [0.25, 0.3) is 0 Å². The highest BCUT2D eigenvalue weighted by Crippen LogP contribution is 2.52. The van der Waals surface area contributed by atoms with E-state index in [2.05, 4.69) is 4.90 Å². The molecule has 0 amide bonds. The van der Waals surface area contributed by atoms with Crippen molar-refractivity contribution < 1.29 is 14.6 Å². The first-order valence-electron chi connectivity index (χ1n) is 7.41. The molecule has 2 aliphatic rings. The fraction of sp³-hybridized carbons (Fsp3) is 0.667. The summed E-state index contributed by atoms with van der Waals surface area (Å²) in [6.07, 6.45) is 3.76. The second-order valence-corrected chi connectivity index (χ2v) is 7.31. The topological polar surface area (TPSA) is 75.8 Å². The van der Waals surface area contributed by atoms with Crippen LogP contribution in [0.4, 0.5) is 10.7 Å². The van der Waals surface area contributed by atoms with Gasteiger partial charge >= 0.3 is 5.97 Å². The first-order chi connectivity index (χ1) is 9.93. The molecule has 1 aliphatic carbocycles. The number of carbonyl (C=O) groups is 1. The average Bonchev–Trinajstić information content (AvgIpc) is 3.22. The minimum Gasteiger partial charge on any atom is -0.465 e. The summed E-state index contributed by atoms with van der Waals surface area (Å²) in [6.45, 7) is 3.48. The van der Waals surface area contributed by atoms with Crippen molar-refractivity contribution in [3.63, 3.8) is 0 Å². The molecular weight excluding hydrogens is 288 g/mol. The van der Waals surface area contributed by atoms with Gasteiger partial charge < -0.3 is 20.5 Å². The number of methoxy groups -OCH3 is 1. The Morgan fingerprint density at radius 3 is 2.57 bits per heavy atom. The third-order valence-corrected chi connectivity index (χ3v) is 5.71. The van der Waals surface area contributed by atoms with Crippen molar-refractivity contribution in [1.29, 1.82) is 0 Å². The summed E-state index contributed by atoms with van der Waals surface area (Å²) < 4.78 is 4.84. The van der Waals surface area contributed by atoms with Gasteiger partial charge in [-0.15, -0.1) is 11.3 Å². The Balaban J connectivity index is 1.92. The van der Waals surface area contributed by atoms with Crippen LogP contribution in [0.3, 0.4) is 0 Å². The SMILES string of the molecule is COC(=O)c1sc(N2CCC(C)(O)CC2)c(C2CC2)c1N. The summed E-state index contributed by atoms with van der Waals surface area (Å²) in [5.74, 6) is 0.131. The number of nitrogens with two attached hydrogens (primary N) is 1. The molecule has 3 N–H and O–H groups in total. The van der Waals surface area contributed by atoms with Gasteiger partial charge in [-0.25, -0.2) is 4.79 Å². The lowest BCUT2D eigenvalue weighted by Crippen LogP contribution is -2.42. The third-order valence-electron chi connectivity index (χ3n) is 4.45. The van der Waals surface area contributed by atoms with E-state index in [4.69, 9.17) is 10.5 Å². The Bertz CT molecular complexity index is 554. The molecule has 1 aromatic rings. The Kier molecular flexibility index (Phi) is 3.61. The Labute approximate surface area is 128 Å². The van der Waals surface area contributed by atoms with E-state index in [1.165, 1.54) is 18.4 Å². The fourth-order valence-corrected chi connectivity index (χ4v) is 4.16. The highest BCUT2D eigenvalue weighted by Gasteiger charge is 2.36. The molecule has 1 saturated carbocycles. The molecule has 1 aliphatic heterocycles. The number of rotatable bonds is 3.